The van der Waals surface area contributed by atoms with Crippen molar-refractivity contribution in [1.29, 1.82) is 0 Å². The van der Waals surface area contributed by atoms with Crippen LogP contribution in [0.2, 0.25) is 5.02 Å². The Balaban J connectivity index is 2.33. The van der Waals surface area contributed by atoms with Crippen molar-refractivity contribution < 1.29 is 0 Å². The molecule has 7 heteroatoms. The number of nitrogen functional groups attached to an aromatic ring is 2. The second-order valence-corrected chi connectivity index (χ2v) is 4.57. The maximum absolute atomic E-state index is 6.04. The Morgan fingerprint density at radius 3 is 2.74 bits per heavy atom. The summed E-state index contributed by atoms with van der Waals surface area (Å²) in [7, 11) is 1.80. The average Bonchev–Trinajstić information content (AvgIpc) is 2.72. The third-order valence-electron chi connectivity index (χ3n) is 2.92. The number of fused-ring (bicyclic) bond motifs is 1. The minimum atomic E-state index is 0.390. The van der Waals surface area contributed by atoms with Crippen molar-refractivity contribution >= 4 is 34.1 Å². The molecule has 0 aliphatic rings. The minimum Gasteiger partial charge on any atom is -0.398 e. The van der Waals surface area contributed by atoms with E-state index >= 15 is 0 Å². The van der Waals surface area contributed by atoms with Gasteiger partial charge in [-0.25, -0.2) is 14.6 Å². The minimum absolute atomic E-state index is 0.390. The molecule has 1 aromatic carbocycles. The van der Waals surface area contributed by atoms with Crippen LogP contribution in [0.4, 0.5) is 11.5 Å². The van der Waals surface area contributed by atoms with Gasteiger partial charge in [0.1, 0.15) is 17.8 Å². The van der Waals surface area contributed by atoms with E-state index in [1.165, 1.54) is 6.33 Å². The van der Waals surface area contributed by atoms with Crippen LogP contribution in [0.25, 0.3) is 22.3 Å². The van der Waals surface area contributed by atoms with Crippen molar-refractivity contribution in [2.75, 3.05) is 11.5 Å². The van der Waals surface area contributed by atoms with E-state index in [1.54, 1.807) is 23.9 Å². The fourth-order valence-corrected chi connectivity index (χ4v) is 2.17. The number of anilines is 2. The molecule has 2 aromatic heterocycles. The van der Waals surface area contributed by atoms with Gasteiger partial charge in [-0.1, -0.05) is 17.7 Å². The maximum atomic E-state index is 6.04. The van der Waals surface area contributed by atoms with Gasteiger partial charge in [0.05, 0.1) is 16.1 Å². The van der Waals surface area contributed by atoms with E-state index in [0.29, 0.717) is 33.3 Å². The first-order chi connectivity index (χ1) is 9.08. The number of aryl methyl sites for hydroxylation is 1. The van der Waals surface area contributed by atoms with Gasteiger partial charge in [0.15, 0.2) is 5.65 Å². The van der Waals surface area contributed by atoms with Gasteiger partial charge in [-0.15, -0.1) is 0 Å². The molecular formula is C12H11ClN6. The second kappa shape index (κ2) is 4.10. The largest absolute Gasteiger partial charge is 0.398 e. The van der Waals surface area contributed by atoms with Gasteiger partial charge in [-0.3, -0.25) is 0 Å². The zero-order valence-corrected chi connectivity index (χ0v) is 10.9. The van der Waals surface area contributed by atoms with Gasteiger partial charge in [0, 0.05) is 12.6 Å². The number of nitrogens with two attached hydrogens (primary N) is 2. The molecule has 0 unspecified atom stereocenters. The van der Waals surface area contributed by atoms with Gasteiger partial charge in [0.25, 0.3) is 0 Å². The quantitative estimate of drug-likeness (QED) is 0.660. The molecule has 2 heterocycles. The van der Waals surface area contributed by atoms with Crippen LogP contribution >= 0.6 is 11.6 Å². The Labute approximate surface area is 114 Å². The van der Waals surface area contributed by atoms with E-state index in [4.69, 9.17) is 23.1 Å². The van der Waals surface area contributed by atoms with Crippen LogP contribution in [-0.4, -0.2) is 19.7 Å². The smallest absolute Gasteiger partial charge is 0.163 e. The summed E-state index contributed by atoms with van der Waals surface area (Å²) in [5.41, 5.74) is 14.3. The first-order valence-electron chi connectivity index (χ1n) is 5.56. The Bertz CT molecular complexity index is 779. The van der Waals surface area contributed by atoms with Crippen molar-refractivity contribution in [1.82, 2.24) is 19.7 Å². The van der Waals surface area contributed by atoms with E-state index in [2.05, 4.69) is 15.1 Å². The van der Waals surface area contributed by atoms with E-state index in [0.717, 1.165) is 5.56 Å². The zero-order valence-electron chi connectivity index (χ0n) is 10.1. The molecule has 6 nitrogen and oxygen atoms in total. The molecule has 0 amide bonds. The number of halogens is 1. The van der Waals surface area contributed by atoms with Crippen LogP contribution in [-0.2, 0) is 7.05 Å². The summed E-state index contributed by atoms with van der Waals surface area (Å²) in [5, 5.41) is 5.62. The fourth-order valence-electron chi connectivity index (χ4n) is 1.99. The molecule has 0 saturated carbocycles. The van der Waals surface area contributed by atoms with Crippen LogP contribution in [0, 0.1) is 0 Å². The van der Waals surface area contributed by atoms with E-state index in [9.17, 15) is 0 Å². The van der Waals surface area contributed by atoms with Crippen molar-refractivity contribution in [3.63, 3.8) is 0 Å². The van der Waals surface area contributed by atoms with Crippen LogP contribution in [0.3, 0.4) is 0 Å². The van der Waals surface area contributed by atoms with Crippen LogP contribution in [0.1, 0.15) is 0 Å². The molecule has 0 radical (unpaired) electrons. The SMILES string of the molecule is Cn1nc(-c2ccc(N)c(Cl)c2)c2c(N)ncnc21. The Morgan fingerprint density at radius 2 is 2.00 bits per heavy atom. The molecule has 19 heavy (non-hydrogen) atoms. The first-order valence-corrected chi connectivity index (χ1v) is 5.94. The molecule has 0 saturated heterocycles. The van der Waals surface area contributed by atoms with E-state index < -0.39 is 0 Å². The van der Waals surface area contributed by atoms with Crippen LogP contribution < -0.4 is 11.5 Å². The molecule has 3 rings (SSSR count). The monoisotopic (exact) mass is 274 g/mol. The van der Waals surface area contributed by atoms with Crippen molar-refractivity contribution in [2.45, 2.75) is 0 Å². The third-order valence-corrected chi connectivity index (χ3v) is 3.25. The predicted octanol–water partition coefficient (Wildman–Crippen LogP) is 1.85. The van der Waals surface area contributed by atoms with Gasteiger partial charge in [-0.05, 0) is 12.1 Å². The zero-order chi connectivity index (χ0) is 13.6. The molecule has 0 aliphatic heterocycles. The highest BCUT2D eigenvalue weighted by Gasteiger charge is 2.15. The molecule has 96 valence electrons. The fraction of sp³-hybridized carbons (Fsp3) is 0.0833. The highest BCUT2D eigenvalue weighted by molar-refractivity contribution is 6.33. The van der Waals surface area contributed by atoms with Gasteiger partial charge in [-0.2, -0.15) is 5.10 Å². The summed E-state index contributed by atoms with van der Waals surface area (Å²) in [6, 6.07) is 5.33. The molecular weight excluding hydrogens is 264 g/mol. The first kappa shape index (κ1) is 11.7. The Hall–Kier alpha value is -2.34. The highest BCUT2D eigenvalue weighted by atomic mass is 35.5. The Kier molecular flexibility index (Phi) is 2.53. The van der Waals surface area contributed by atoms with Crippen LogP contribution in [0.15, 0.2) is 24.5 Å². The second-order valence-electron chi connectivity index (χ2n) is 4.17. The number of hydrogen-bond donors (Lipinski definition) is 2. The highest BCUT2D eigenvalue weighted by Crippen LogP contribution is 2.32. The molecule has 4 N–H and O–H groups in total. The number of rotatable bonds is 1. The molecule has 3 aromatic rings. The van der Waals surface area contributed by atoms with Gasteiger partial charge in [0.2, 0.25) is 0 Å². The summed E-state index contributed by atoms with van der Waals surface area (Å²) >= 11 is 6.04. The third kappa shape index (κ3) is 1.77. The summed E-state index contributed by atoms with van der Waals surface area (Å²) in [4.78, 5) is 8.18. The maximum Gasteiger partial charge on any atom is 0.163 e. The number of hydrogen-bond acceptors (Lipinski definition) is 5. The summed E-state index contributed by atoms with van der Waals surface area (Å²) in [6.45, 7) is 0. The standard InChI is InChI=1S/C12H11ClN6/c1-19-12-9(11(15)16-5-17-12)10(18-19)6-2-3-8(14)7(13)4-6/h2-5H,14H2,1H3,(H2,15,16,17). The summed E-state index contributed by atoms with van der Waals surface area (Å²) in [5.74, 6) is 0.390. The summed E-state index contributed by atoms with van der Waals surface area (Å²) in [6.07, 6.45) is 1.42. The molecule has 0 atom stereocenters. The number of benzene rings is 1. The molecule has 0 spiro atoms. The van der Waals surface area contributed by atoms with Gasteiger partial charge < -0.3 is 11.5 Å². The van der Waals surface area contributed by atoms with Crippen molar-refractivity contribution in [3.05, 3.63) is 29.5 Å². The van der Waals surface area contributed by atoms with Crippen LogP contribution in [0.5, 0.6) is 0 Å². The summed E-state index contributed by atoms with van der Waals surface area (Å²) < 4.78 is 1.66. The lowest BCUT2D eigenvalue weighted by Gasteiger charge is -2.02. The van der Waals surface area contributed by atoms with E-state index in [1.807, 2.05) is 6.07 Å². The number of nitrogens with zero attached hydrogens (tertiary/aromatic N) is 4. The molecule has 0 bridgehead atoms. The normalized spacial score (nSPS) is 11.1. The topological polar surface area (TPSA) is 95.6 Å². The molecule has 0 aliphatic carbocycles. The molecule has 0 fully saturated rings. The predicted molar refractivity (Wildman–Crippen MR) is 75.6 cm³/mol. The van der Waals surface area contributed by atoms with E-state index in [-0.39, 0.29) is 0 Å². The average molecular weight is 275 g/mol. The van der Waals surface area contributed by atoms with Gasteiger partial charge >= 0.3 is 0 Å². The lowest BCUT2D eigenvalue weighted by Crippen LogP contribution is -1.95. The lowest BCUT2D eigenvalue weighted by molar-refractivity contribution is 0.789. The van der Waals surface area contributed by atoms with Crippen molar-refractivity contribution in [2.24, 2.45) is 7.05 Å². The Morgan fingerprint density at radius 1 is 1.21 bits per heavy atom. The number of aromatic nitrogens is 4. The van der Waals surface area contributed by atoms with Crippen molar-refractivity contribution in [3.8, 4) is 11.3 Å². The lowest BCUT2D eigenvalue weighted by atomic mass is 10.1.